The van der Waals surface area contributed by atoms with Crippen LogP contribution in [0.4, 0.5) is 0 Å². The van der Waals surface area contributed by atoms with Gasteiger partial charge in [-0.3, -0.25) is 8.74 Å². The summed E-state index contributed by atoms with van der Waals surface area (Å²) in [6.45, 7) is 5.42. The van der Waals surface area contributed by atoms with Crippen molar-refractivity contribution in [1.29, 1.82) is 0 Å². The van der Waals surface area contributed by atoms with Gasteiger partial charge in [0.2, 0.25) is 0 Å². The summed E-state index contributed by atoms with van der Waals surface area (Å²) >= 11 is 0. The summed E-state index contributed by atoms with van der Waals surface area (Å²) in [5.41, 5.74) is 0. The Bertz CT molecular complexity index is 179. The minimum atomic E-state index is -4.16. The topological polar surface area (TPSA) is 148 Å². The summed E-state index contributed by atoms with van der Waals surface area (Å²) in [5, 5.41) is 15.2. The number of rotatable bonds is 4. The van der Waals surface area contributed by atoms with Gasteiger partial charge in [0.25, 0.3) is 0 Å². The third kappa shape index (κ3) is 67.9. The lowest BCUT2D eigenvalue weighted by Gasteiger charge is -1.86. The summed E-state index contributed by atoms with van der Waals surface area (Å²) in [6, 6.07) is 0. The van der Waals surface area contributed by atoms with Gasteiger partial charge in [-0.1, -0.05) is 0 Å². The van der Waals surface area contributed by atoms with Crippen LogP contribution in [0, 0.1) is 0 Å². The Morgan fingerprint density at radius 1 is 1.06 bits per heavy atom. The first kappa shape index (κ1) is 24.8. The van der Waals surface area contributed by atoms with Gasteiger partial charge < -0.3 is 21.1 Å². The molecule has 0 amide bonds. The number of ether oxygens (including phenoxy) is 1. The van der Waals surface area contributed by atoms with E-state index in [2.05, 4.69) is 4.18 Å². The molecule has 0 rings (SSSR count). The molecule has 0 fully saturated rings. The molecule has 16 heavy (non-hydrogen) atoms. The number of aliphatic hydroxyl groups excluding tert-OH is 2. The van der Waals surface area contributed by atoms with Gasteiger partial charge in [-0.25, -0.2) is 0 Å². The molecule has 0 heterocycles. The first-order chi connectivity index (χ1) is 6.89. The maximum Gasteiger partial charge on any atom is 0.397 e. The van der Waals surface area contributed by atoms with Crippen molar-refractivity contribution in [1.82, 2.24) is 6.15 Å². The Morgan fingerprint density at radius 2 is 1.31 bits per heavy atom. The summed E-state index contributed by atoms with van der Waals surface area (Å²) in [4.78, 5) is 0. The zero-order valence-corrected chi connectivity index (χ0v) is 10.7. The number of hydrogen-bond donors (Lipinski definition) is 4. The monoisotopic (exact) mass is 265 g/mol. The largest absolute Gasteiger partial charge is 0.397 e. The third-order valence-electron chi connectivity index (χ3n) is 0.719. The lowest BCUT2D eigenvalue weighted by molar-refractivity contribution is 0.162. The zero-order valence-electron chi connectivity index (χ0n) is 9.92. The Labute approximate surface area is 96.7 Å². The van der Waals surface area contributed by atoms with E-state index in [-0.39, 0.29) is 19.4 Å². The SMILES string of the molecule is CCOCC.COS(=O)(=O)O.N.OCCO. The molecule has 0 unspecified atom stereocenters. The molecule has 8 nitrogen and oxygen atoms in total. The van der Waals surface area contributed by atoms with E-state index in [4.69, 9.17) is 19.5 Å². The summed E-state index contributed by atoms with van der Waals surface area (Å²) in [6.07, 6.45) is 0. The predicted molar refractivity (Wildman–Crippen MR) is 59.9 cm³/mol. The zero-order chi connectivity index (χ0) is 12.7. The maximum atomic E-state index is 9.33. The molecule has 0 saturated heterocycles. The van der Waals surface area contributed by atoms with E-state index in [1.807, 2.05) is 13.8 Å². The molecule has 0 bridgehead atoms. The first-order valence-corrected chi connectivity index (χ1v) is 5.58. The van der Waals surface area contributed by atoms with Gasteiger partial charge in [0, 0.05) is 13.2 Å². The molecular weight excluding hydrogens is 242 g/mol. The average Bonchev–Trinajstić information content (AvgIpc) is 2.19. The molecule has 0 atom stereocenters. The second kappa shape index (κ2) is 20.2. The van der Waals surface area contributed by atoms with Gasteiger partial charge in [0.05, 0.1) is 20.3 Å². The summed E-state index contributed by atoms with van der Waals surface area (Å²) in [5.74, 6) is 0. The standard InChI is InChI=1S/C4H10O.C2H6O2.CH4O4S.H3N/c1-3-5-4-2;3-1-2-4;1-5-6(2,3)4;/h3-4H2,1-2H3;3-4H,1-2H2;1H3,(H,2,3,4);1H3. The molecule has 0 aromatic heterocycles. The number of hydrogen-bond acceptors (Lipinski definition) is 7. The highest BCUT2D eigenvalue weighted by atomic mass is 32.3. The van der Waals surface area contributed by atoms with Crippen LogP contribution in [0.1, 0.15) is 13.8 Å². The smallest absolute Gasteiger partial charge is 0.394 e. The highest BCUT2D eigenvalue weighted by molar-refractivity contribution is 7.80. The highest BCUT2D eigenvalue weighted by Crippen LogP contribution is 1.74. The Kier molecular flexibility index (Phi) is 31.2. The summed E-state index contributed by atoms with van der Waals surface area (Å²) in [7, 11) is -3.29. The van der Waals surface area contributed by atoms with Gasteiger partial charge in [-0.15, -0.1) is 0 Å². The molecule has 6 N–H and O–H groups in total. The van der Waals surface area contributed by atoms with Gasteiger partial charge in [-0.2, -0.15) is 8.42 Å². The molecule has 0 spiro atoms. The fourth-order valence-corrected chi connectivity index (χ4v) is 0.204. The van der Waals surface area contributed by atoms with Crippen molar-refractivity contribution >= 4 is 10.4 Å². The number of aliphatic hydroxyl groups is 2. The molecule has 0 aromatic carbocycles. The quantitative estimate of drug-likeness (QED) is 0.502. The molecule has 0 aliphatic rings. The molecule has 0 aliphatic carbocycles. The van der Waals surface area contributed by atoms with Gasteiger partial charge in [0.1, 0.15) is 0 Å². The van der Waals surface area contributed by atoms with E-state index in [0.29, 0.717) is 0 Å². The molecule has 0 aliphatic heterocycles. The highest BCUT2D eigenvalue weighted by Gasteiger charge is 1.94. The molecule has 0 saturated carbocycles. The van der Waals surface area contributed by atoms with Gasteiger partial charge in [-0.05, 0) is 13.8 Å². The average molecular weight is 265 g/mol. The van der Waals surface area contributed by atoms with Crippen LogP contribution in [0.2, 0.25) is 0 Å². The van der Waals surface area contributed by atoms with Crippen LogP contribution < -0.4 is 6.15 Å². The van der Waals surface area contributed by atoms with Crippen molar-refractivity contribution in [3.05, 3.63) is 0 Å². The van der Waals surface area contributed by atoms with Crippen molar-refractivity contribution in [3.8, 4) is 0 Å². The van der Waals surface area contributed by atoms with Crippen molar-refractivity contribution < 1.29 is 32.1 Å². The molecule has 9 heteroatoms. The fraction of sp³-hybridized carbons (Fsp3) is 1.00. The molecule has 0 radical (unpaired) electrons. The lowest BCUT2D eigenvalue weighted by Crippen LogP contribution is -1.96. The van der Waals surface area contributed by atoms with Crippen LogP contribution in [0.5, 0.6) is 0 Å². The van der Waals surface area contributed by atoms with Crippen LogP contribution in [0.25, 0.3) is 0 Å². The fourth-order valence-electron chi connectivity index (χ4n) is 0.204. The van der Waals surface area contributed by atoms with Crippen LogP contribution >= 0.6 is 0 Å². The Balaban J connectivity index is -0.0000000668. The first-order valence-electron chi connectivity index (χ1n) is 4.21. The van der Waals surface area contributed by atoms with Crippen molar-refractivity contribution in [2.75, 3.05) is 33.5 Å². The predicted octanol–water partition coefficient (Wildman–Crippen LogP) is -0.389. The van der Waals surface area contributed by atoms with Crippen LogP contribution in [0.3, 0.4) is 0 Å². The van der Waals surface area contributed by atoms with Crippen molar-refractivity contribution in [2.24, 2.45) is 0 Å². The van der Waals surface area contributed by atoms with Crippen LogP contribution in [-0.2, 0) is 19.3 Å². The molecular formula is C7H23NO7S. The normalized spacial score (nSPS) is 8.88. The van der Waals surface area contributed by atoms with E-state index in [1.165, 1.54) is 0 Å². The van der Waals surface area contributed by atoms with Crippen molar-refractivity contribution in [3.63, 3.8) is 0 Å². The van der Waals surface area contributed by atoms with Gasteiger partial charge >= 0.3 is 10.4 Å². The van der Waals surface area contributed by atoms with Gasteiger partial charge in [0.15, 0.2) is 0 Å². The molecule has 0 aromatic rings. The second-order valence-corrected chi connectivity index (χ2v) is 3.01. The van der Waals surface area contributed by atoms with E-state index in [1.54, 1.807) is 0 Å². The van der Waals surface area contributed by atoms with E-state index >= 15 is 0 Å². The lowest BCUT2D eigenvalue weighted by atomic mass is 10.8. The minimum absolute atomic E-state index is 0. The second-order valence-electron chi connectivity index (χ2n) is 1.82. The Morgan fingerprint density at radius 3 is 1.31 bits per heavy atom. The maximum absolute atomic E-state index is 9.33. The van der Waals surface area contributed by atoms with E-state index < -0.39 is 10.4 Å². The van der Waals surface area contributed by atoms with Crippen molar-refractivity contribution in [2.45, 2.75) is 13.8 Å². The van der Waals surface area contributed by atoms with E-state index in [0.717, 1.165) is 20.3 Å². The molecule has 104 valence electrons. The van der Waals surface area contributed by atoms with E-state index in [9.17, 15) is 8.42 Å². The summed E-state index contributed by atoms with van der Waals surface area (Å²) < 4.78 is 34.5. The third-order valence-corrected chi connectivity index (χ3v) is 1.14. The van der Waals surface area contributed by atoms with Crippen LogP contribution in [0.15, 0.2) is 0 Å². The van der Waals surface area contributed by atoms with Crippen LogP contribution in [-0.4, -0.2) is 56.7 Å². The minimum Gasteiger partial charge on any atom is -0.394 e. The Hall–Kier alpha value is -0.290.